The van der Waals surface area contributed by atoms with Crippen LogP contribution in [0.4, 0.5) is 0 Å². The van der Waals surface area contributed by atoms with Gasteiger partial charge in [0, 0.05) is 13.1 Å². The van der Waals surface area contributed by atoms with E-state index in [0.29, 0.717) is 19.5 Å². The van der Waals surface area contributed by atoms with Crippen LogP contribution in [0.15, 0.2) is 89.7 Å². The zero-order valence-corrected chi connectivity index (χ0v) is 16.0. The maximum Gasteiger partial charge on any atom is 0.326 e. The quantitative estimate of drug-likeness (QED) is 0.477. The van der Waals surface area contributed by atoms with E-state index >= 15 is 0 Å². The van der Waals surface area contributed by atoms with Crippen molar-refractivity contribution >= 4 is 16.9 Å². The number of para-hydroxylation sites is 2. The molecule has 1 amide bonds. The number of imidazole rings is 1. The lowest BCUT2D eigenvalue weighted by atomic mass is 9.90. The molecule has 0 fully saturated rings. The number of aryl methyl sites for hydroxylation is 1. The minimum atomic E-state index is -0.354. The molecule has 4 rings (SSSR count). The maximum absolute atomic E-state index is 13.0. The fraction of sp³-hybridized carbons (Fsp3) is 0.167. The maximum atomic E-state index is 13.0. The lowest BCUT2D eigenvalue weighted by molar-refractivity contribution is -0.121. The van der Waals surface area contributed by atoms with Crippen LogP contribution in [-0.4, -0.2) is 22.0 Å². The monoisotopic (exact) mass is 385 g/mol. The Kier molecular flexibility index (Phi) is 5.56. The molecule has 5 nitrogen and oxygen atoms in total. The van der Waals surface area contributed by atoms with Crippen LogP contribution in [-0.2, 0) is 11.3 Å². The summed E-state index contributed by atoms with van der Waals surface area (Å²) < 4.78 is 1.72. The van der Waals surface area contributed by atoms with Crippen LogP contribution in [0.2, 0.25) is 0 Å². The molecule has 4 aromatic rings. The number of carbonyl (C=O) groups excluding carboxylic acids is 1. The lowest BCUT2D eigenvalue weighted by Gasteiger charge is -2.18. The third-order valence-corrected chi connectivity index (χ3v) is 5.07. The normalized spacial score (nSPS) is 11.1. The Bertz CT molecular complexity index is 1110. The van der Waals surface area contributed by atoms with Crippen LogP contribution >= 0.6 is 0 Å². The number of hydrogen-bond acceptors (Lipinski definition) is 2. The van der Waals surface area contributed by atoms with Crippen molar-refractivity contribution in [1.82, 2.24) is 14.9 Å². The van der Waals surface area contributed by atoms with Gasteiger partial charge in [0.05, 0.1) is 17.0 Å². The molecule has 1 aromatic heterocycles. The van der Waals surface area contributed by atoms with Crippen LogP contribution in [0, 0.1) is 0 Å². The van der Waals surface area contributed by atoms with Gasteiger partial charge in [-0.3, -0.25) is 9.36 Å². The molecule has 5 heteroatoms. The van der Waals surface area contributed by atoms with E-state index in [1.165, 1.54) is 0 Å². The van der Waals surface area contributed by atoms with Crippen molar-refractivity contribution in [3.05, 3.63) is 107 Å². The molecule has 1 heterocycles. The van der Waals surface area contributed by atoms with E-state index in [-0.39, 0.29) is 17.5 Å². The summed E-state index contributed by atoms with van der Waals surface area (Å²) in [6.07, 6.45) is 0.670. The SMILES string of the molecule is O=C(NCCCn1c(=O)[nH]c2ccccc21)C(c1ccccc1)c1ccccc1. The first-order valence-electron chi connectivity index (χ1n) is 9.79. The van der Waals surface area contributed by atoms with Gasteiger partial charge in [-0.25, -0.2) is 4.79 Å². The van der Waals surface area contributed by atoms with Crippen LogP contribution in [0.5, 0.6) is 0 Å². The number of fused-ring (bicyclic) bond motifs is 1. The number of rotatable bonds is 7. The molecule has 2 N–H and O–H groups in total. The Morgan fingerprint density at radius 1 is 0.862 bits per heavy atom. The van der Waals surface area contributed by atoms with Crippen LogP contribution in [0.1, 0.15) is 23.5 Å². The number of hydrogen-bond donors (Lipinski definition) is 2. The number of nitrogens with zero attached hydrogens (tertiary/aromatic N) is 1. The third kappa shape index (κ3) is 4.14. The van der Waals surface area contributed by atoms with Crippen molar-refractivity contribution in [2.24, 2.45) is 0 Å². The summed E-state index contributed by atoms with van der Waals surface area (Å²) in [7, 11) is 0. The minimum absolute atomic E-state index is 0.0336. The molecule has 0 aliphatic carbocycles. The Labute approximate surface area is 169 Å². The molecule has 0 atom stereocenters. The number of nitrogens with one attached hydrogen (secondary N) is 2. The largest absolute Gasteiger partial charge is 0.355 e. The van der Waals surface area contributed by atoms with E-state index in [2.05, 4.69) is 10.3 Å². The molecule has 0 bridgehead atoms. The van der Waals surface area contributed by atoms with E-state index in [1.807, 2.05) is 84.9 Å². The van der Waals surface area contributed by atoms with Crippen LogP contribution in [0.3, 0.4) is 0 Å². The molecule has 0 saturated carbocycles. The summed E-state index contributed by atoms with van der Waals surface area (Å²) in [5, 5.41) is 3.05. The van der Waals surface area contributed by atoms with Gasteiger partial charge in [-0.1, -0.05) is 72.8 Å². The first-order chi connectivity index (χ1) is 14.2. The van der Waals surface area contributed by atoms with Gasteiger partial charge in [0.2, 0.25) is 5.91 Å². The first-order valence-corrected chi connectivity index (χ1v) is 9.79. The van der Waals surface area contributed by atoms with Crippen molar-refractivity contribution in [3.8, 4) is 0 Å². The Balaban J connectivity index is 1.43. The van der Waals surface area contributed by atoms with Crippen molar-refractivity contribution < 1.29 is 4.79 Å². The highest BCUT2D eigenvalue weighted by molar-refractivity contribution is 5.87. The molecular weight excluding hydrogens is 362 g/mol. The number of aromatic amines is 1. The molecule has 3 aromatic carbocycles. The summed E-state index contributed by atoms with van der Waals surface area (Å²) in [6.45, 7) is 1.05. The van der Waals surface area contributed by atoms with E-state index in [1.54, 1.807) is 4.57 Å². The average molecular weight is 385 g/mol. The molecular formula is C24H23N3O2. The van der Waals surface area contributed by atoms with Gasteiger partial charge in [0.25, 0.3) is 0 Å². The van der Waals surface area contributed by atoms with Crippen LogP contribution < -0.4 is 11.0 Å². The highest BCUT2D eigenvalue weighted by Crippen LogP contribution is 2.24. The van der Waals surface area contributed by atoms with Gasteiger partial charge >= 0.3 is 5.69 Å². The summed E-state index contributed by atoms with van der Waals surface area (Å²) in [6, 6.07) is 27.2. The smallest absolute Gasteiger partial charge is 0.326 e. The summed E-state index contributed by atoms with van der Waals surface area (Å²) >= 11 is 0. The highest BCUT2D eigenvalue weighted by Gasteiger charge is 2.22. The third-order valence-electron chi connectivity index (χ3n) is 5.07. The summed E-state index contributed by atoms with van der Waals surface area (Å²) in [4.78, 5) is 28.0. The van der Waals surface area contributed by atoms with E-state index in [0.717, 1.165) is 22.2 Å². The second-order valence-corrected chi connectivity index (χ2v) is 7.00. The number of amides is 1. The van der Waals surface area contributed by atoms with Crippen molar-refractivity contribution in [3.63, 3.8) is 0 Å². The summed E-state index contributed by atoms with van der Waals surface area (Å²) in [5.74, 6) is -0.387. The number of aromatic nitrogens is 2. The molecule has 0 spiro atoms. The van der Waals surface area contributed by atoms with E-state index < -0.39 is 0 Å². The molecule has 0 radical (unpaired) electrons. The first kappa shape index (κ1) is 18.7. The Morgan fingerprint density at radius 3 is 2.10 bits per heavy atom. The van der Waals surface area contributed by atoms with E-state index in [9.17, 15) is 9.59 Å². The number of carbonyl (C=O) groups is 1. The highest BCUT2D eigenvalue weighted by atomic mass is 16.2. The minimum Gasteiger partial charge on any atom is -0.355 e. The van der Waals surface area contributed by atoms with Crippen molar-refractivity contribution in [2.75, 3.05) is 6.54 Å². The van der Waals surface area contributed by atoms with Crippen LogP contribution in [0.25, 0.3) is 11.0 Å². The second kappa shape index (κ2) is 8.61. The van der Waals surface area contributed by atoms with Gasteiger partial charge in [-0.2, -0.15) is 0 Å². The van der Waals surface area contributed by atoms with E-state index in [4.69, 9.17) is 0 Å². The number of H-pyrrole nitrogens is 1. The van der Waals surface area contributed by atoms with Gasteiger partial charge in [-0.05, 0) is 29.7 Å². The fourth-order valence-electron chi connectivity index (χ4n) is 3.67. The molecule has 0 unspecified atom stereocenters. The predicted molar refractivity (Wildman–Crippen MR) is 115 cm³/mol. The van der Waals surface area contributed by atoms with Gasteiger partial charge in [0.1, 0.15) is 0 Å². The molecule has 0 aliphatic heterocycles. The molecule has 146 valence electrons. The van der Waals surface area contributed by atoms with Crippen molar-refractivity contribution in [2.45, 2.75) is 18.9 Å². The van der Waals surface area contributed by atoms with Crippen molar-refractivity contribution in [1.29, 1.82) is 0 Å². The standard InChI is InChI=1S/C24H23N3O2/c28-23(22(18-10-3-1-4-11-18)19-12-5-2-6-13-19)25-16-9-17-27-21-15-8-7-14-20(21)26-24(27)29/h1-8,10-15,22H,9,16-17H2,(H,25,28)(H,26,29). The molecule has 0 aliphatic rings. The predicted octanol–water partition coefficient (Wildman–Crippen LogP) is 3.67. The Hall–Kier alpha value is -3.60. The van der Waals surface area contributed by atoms with Gasteiger partial charge in [0.15, 0.2) is 0 Å². The zero-order valence-electron chi connectivity index (χ0n) is 16.0. The number of benzene rings is 3. The molecule has 29 heavy (non-hydrogen) atoms. The zero-order chi connectivity index (χ0) is 20.1. The second-order valence-electron chi connectivity index (χ2n) is 7.00. The lowest BCUT2D eigenvalue weighted by Crippen LogP contribution is -2.31. The topological polar surface area (TPSA) is 66.9 Å². The van der Waals surface area contributed by atoms with Gasteiger partial charge in [-0.15, -0.1) is 0 Å². The average Bonchev–Trinajstić information content (AvgIpc) is 3.08. The Morgan fingerprint density at radius 2 is 1.45 bits per heavy atom. The summed E-state index contributed by atoms with van der Waals surface area (Å²) in [5.41, 5.74) is 3.52. The fourth-order valence-corrected chi connectivity index (χ4v) is 3.67. The van der Waals surface area contributed by atoms with Gasteiger partial charge < -0.3 is 10.3 Å². The molecule has 0 saturated heterocycles.